The van der Waals surface area contributed by atoms with Gasteiger partial charge in [-0.15, -0.1) is 0 Å². The summed E-state index contributed by atoms with van der Waals surface area (Å²) in [6.45, 7) is -0.278. The summed E-state index contributed by atoms with van der Waals surface area (Å²) in [5, 5.41) is 34.6. The number of aliphatic hydroxyl groups excluding tert-OH is 4. The minimum atomic E-state index is -1.07. The van der Waals surface area contributed by atoms with Gasteiger partial charge in [-0.2, -0.15) is 0 Å². The lowest BCUT2D eigenvalue weighted by Crippen LogP contribution is -2.60. The van der Waals surface area contributed by atoms with Crippen LogP contribution in [0.2, 0.25) is 0 Å². The molecule has 1 aliphatic carbocycles. The number of aliphatic hydroxyl groups is 4. The Balaban J connectivity index is 2.41. The molecule has 4 heteroatoms. The standard InChI is InChI=1S/C5H10O4/c6-1-2-3(7)5(9)4(2)8/h2-9H,1H2/t2?,3-,4+,5?. The molecule has 0 amide bonds. The molecule has 4 N–H and O–H groups in total. The Hall–Kier alpha value is -0.160. The van der Waals surface area contributed by atoms with Gasteiger partial charge in [0.15, 0.2) is 0 Å². The third-order valence-corrected chi connectivity index (χ3v) is 1.79. The molecule has 1 fully saturated rings. The van der Waals surface area contributed by atoms with Crippen molar-refractivity contribution in [1.82, 2.24) is 0 Å². The van der Waals surface area contributed by atoms with E-state index in [1.54, 1.807) is 0 Å². The van der Waals surface area contributed by atoms with Crippen LogP contribution in [0.5, 0.6) is 0 Å². The van der Waals surface area contributed by atoms with Gasteiger partial charge in [0.05, 0.1) is 18.8 Å². The van der Waals surface area contributed by atoms with Crippen LogP contribution in [0, 0.1) is 5.92 Å². The second-order valence-corrected chi connectivity index (χ2v) is 2.32. The zero-order valence-corrected chi connectivity index (χ0v) is 4.81. The molecule has 0 aromatic rings. The van der Waals surface area contributed by atoms with E-state index in [0.717, 1.165) is 0 Å². The summed E-state index contributed by atoms with van der Waals surface area (Å²) < 4.78 is 0. The molecular weight excluding hydrogens is 124 g/mol. The lowest BCUT2D eigenvalue weighted by Gasteiger charge is -2.41. The van der Waals surface area contributed by atoms with Gasteiger partial charge in [-0.3, -0.25) is 0 Å². The summed E-state index contributed by atoms with van der Waals surface area (Å²) in [6, 6.07) is 0. The predicted molar refractivity (Wildman–Crippen MR) is 28.6 cm³/mol. The Morgan fingerprint density at radius 3 is 1.56 bits per heavy atom. The van der Waals surface area contributed by atoms with Crippen LogP contribution in [0.25, 0.3) is 0 Å². The quantitative estimate of drug-likeness (QED) is 0.325. The molecule has 1 rings (SSSR count). The Bertz CT molecular complexity index is 95.1. The molecule has 0 aromatic carbocycles. The monoisotopic (exact) mass is 134 g/mol. The van der Waals surface area contributed by atoms with Gasteiger partial charge < -0.3 is 20.4 Å². The highest BCUT2D eigenvalue weighted by atomic mass is 16.4. The highest BCUT2D eigenvalue weighted by Crippen LogP contribution is 2.27. The normalized spacial score (nSPS) is 50.7. The van der Waals surface area contributed by atoms with E-state index in [9.17, 15) is 0 Å². The zero-order chi connectivity index (χ0) is 7.02. The fraction of sp³-hybridized carbons (Fsp3) is 1.00. The van der Waals surface area contributed by atoms with Crippen LogP contribution >= 0.6 is 0 Å². The summed E-state index contributed by atoms with van der Waals surface area (Å²) in [4.78, 5) is 0. The van der Waals surface area contributed by atoms with E-state index in [1.165, 1.54) is 0 Å². The van der Waals surface area contributed by atoms with Crippen molar-refractivity contribution in [3.05, 3.63) is 0 Å². The van der Waals surface area contributed by atoms with Gasteiger partial charge in [0.2, 0.25) is 0 Å². The van der Waals surface area contributed by atoms with Gasteiger partial charge in [0.25, 0.3) is 0 Å². The maximum absolute atomic E-state index is 8.78. The first-order valence-electron chi connectivity index (χ1n) is 2.83. The molecule has 4 atom stereocenters. The fourth-order valence-corrected chi connectivity index (χ4v) is 0.981. The van der Waals surface area contributed by atoms with Gasteiger partial charge in [-0.05, 0) is 0 Å². The van der Waals surface area contributed by atoms with Gasteiger partial charge in [0, 0.05) is 5.92 Å². The van der Waals surface area contributed by atoms with Crippen molar-refractivity contribution >= 4 is 0 Å². The largest absolute Gasteiger partial charge is 0.396 e. The van der Waals surface area contributed by atoms with Gasteiger partial charge in [-0.25, -0.2) is 0 Å². The van der Waals surface area contributed by atoms with E-state index in [4.69, 9.17) is 20.4 Å². The molecule has 1 aliphatic rings. The predicted octanol–water partition coefficient (Wildman–Crippen LogP) is -2.31. The van der Waals surface area contributed by atoms with Crippen molar-refractivity contribution in [2.24, 2.45) is 5.92 Å². The summed E-state index contributed by atoms with van der Waals surface area (Å²) in [6.07, 6.45) is -2.97. The lowest BCUT2D eigenvalue weighted by atomic mass is 9.76. The maximum Gasteiger partial charge on any atom is 0.107 e. The molecule has 0 radical (unpaired) electrons. The number of rotatable bonds is 1. The van der Waals surface area contributed by atoms with Crippen LogP contribution in [0.1, 0.15) is 0 Å². The first-order valence-corrected chi connectivity index (χ1v) is 2.83. The average molecular weight is 134 g/mol. The first-order chi connectivity index (χ1) is 4.18. The molecule has 0 aromatic heterocycles. The molecule has 4 nitrogen and oxygen atoms in total. The lowest BCUT2D eigenvalue weighted by molar-refractivity contribution is -0.201. The fourth-order valence-electron chi connectivity index (χ4n) is 0.981. The molecule has 2 unspecified atom stereocenters. The molecule has 54 valence electrons. The third-order valence-electron chi connectivity index (χ3n) is 1.79. The molecule has 9 heavy (non-hydrogen) atoms. The molecule has 0 spiro atoms. The van der Waals surface area contributed by atoms with Crippen molar-refractivity contribution < 1.29 is 20.4 Å². The third kappa shape index (κ3) is 0.840. The SMILES string of the molecule is OCC1[C@H](O)C(O)[C@@H]1O. The smallest absolute Gasteiger partial charge is 0.107 e. The van der Waals surface area contributed by atoms with Gasteiger partial charge in [0.1, 0.15) is 6.10 Å². The highest BCUT2D eigenvalue weighted by molar-refractivity contribution is 4.97. The van der Waals surface area contributed by atoms with Crippen LogP contribution in [-0.4, -0.2) is 45.3 Å². The number of hydrogen-bond donors (Lipinski definition) is 4. The van der Waals surface area contributed by atoms with E-state index >= 15 is 0 Å². The second-order valence-electron chi connectivity index (χ2n) is 2.32. The minimum absolute atomic E-state index is 0.278. The summed E-state index contributed by atoms with van der Waals surface area (Å²) >= 11 is 0. The summed E-state index contributed by atoms with van der Waals surface area (Å²) in [7, 11) is 0. The zero-order valence-electron chi connectivity index (χ0n) is 4.81. The van der Waals surface area contributed by atoms with E-state index in [-0.39, 0.29) is 6.61 Å². The molecule has 1 saturated carbocycles. The van der Waals surface area contributed by atoms with Gasteiger partial charge in [-0.1, -0.05) is 0 Å². The Kier molecular flexibility index (Phi) is 1.72. The van der Waals surface area contributed by atoms with Gasteiger partial charge >= 0.3 is 0 Å². The van der Waals surface area contributed by atoms with E-state index < -0.39 is 24.2 Å². The van der Waals surface area contributed by atoms with Crippen molar-refractivity contribution in [2.75, 3.05) is 6.61 Å². The molecule has 0 bridgehead atoms. The summed E-state index contributed by atoms with van der Waals surface area (Å²) in [5.74, 6) is -0.556. The minimum Gasteiger partial charge on any atom is -0.396 e. The molecule has 0 saturated heterocycles. The van der Waals surface area contributed by atoms with E-state index in [1.807, 2.05) is 0 Å². The van der Waals surface area contributed by atoms with E-state index in [2.05, 4.69) is 0 Å². The number of hydrogen-bond acceptors (Lipinski definition) is 4. The second kappa shape index (κ2) is 2.22. The van der Waals surface area contributed by atoms with Crippen molar-refractivity contribution in [3.63, 3.8) is 0 Å². The van der Waals surface area contributed by atoms with Crippen molar-refractivity contribution in [1.29, 1.82) is 0 Å². The van der Waals surface area contributed by atoms with Crippen molar-refractivity contribution in [3.8, 4) is 0 Å². The van der Waals surface area contributed by atoms with Crippen LogP contribution in [0.3, 0.4) is 0 Å². The Morgan fingerprint density at radius 2 is 1.33 bits per heavy atom. The van der Waals surface area contributed by atoms with Crippen LogP contribution in [0.4, 0.5) is 0 Å². The summed E-state index contributed by atoms with van der Waals surface area (Å²) in [5.41, 5.74) is 0. The average Bonchev–Trinajstić information content (AvgIpc) is 1.89. The first kappa shape index (κ1) is 6.95. The molecule has 0 heterocycles. The molecule has 0 aliphatic heterocycles. The van der Waals surface area contributed by atoms with E-state index in [0.29, 0.717) is 0 Å². The molecular formula is C5H10O4. The maximum atomic E-state index is 8.78. The topological polar surface area (TPSA) is 80.9 Å². The Labute approximate surface area is 52.4 Å². The van der Waals surface area contributed by atoms with Crippen molar-refractivity contribution in [2.45, 2.75) is 18.3 Å². The van der Waals surface area contributed by atoms with Crippen LogP contribution < -0.4 is 0 Å². The van der Waals surface area contributed by atoms with Crippen LogP contribution in [-0.2, 0) is 0 Å². The highest BCUT2D eigenvalue weighted by Gasteiger charge is 2.47. The van der Waals surface area contributed by atoms with Crippen LogP contribution in [0.15, 0.2) is 0 Å². The Morgan fingerprint density at radius 1 is 0.889 bits per heavy atom.